The van der Waals surface area contributed by atoms with Crippen molar-refractivity contribution in [3.8, 4) is 0 Å². The van der Waals surface area contributed by atoms with Crippen molar-refractivity contribution in [3.63, 3.8) is 0 Å². The van der Waals surface area contributed by atoms with E-state index < -0.39 is 0 Å². The van der Waals surface area contributed by atoms with E-state index in [-0.39, 0.29) is 0 Å². The van der Waals surface area contributed by atoms with Crippen molar-refractivity contribution < 1.29 is 0 Å². The maximum Gasteiger partial charge on any atom is 0.00505 e. The molecule has 0 aromatic heterocycles. The van der Waals surface area contributed by atoms with E-state index in [1.807, 2.05) is 0 Å². The minimum absolute atomic E-state index is 1.05. The standard InChI is InChI=1S/C20H24/c1-3-9-17(10-4-1)15-20(16-18-11-7-8-12-18)19-13-5-2-6-14-19/h1,3-4,9-10,13H,2,5-8,11-12,14-15H2. The summed E-state index contributed by atoms with van der Waals surface area (Å²) in [5.41, 5.74) is 9.81. The van der Waals surface area contributed by atoms with Crippen molar-refractivity contribution in [1.82, 2.24) is 0 Å². The molecule has 2 aliphatic carbocycles. The molecule has 1 fully saturated rings. The third-order valence-electron chi connectivity index (χ3n) is 4.44. The molecule has 0 radical (unpaired) electrons. The zero-order valence-corrected chi connectivity index (χ0v) is 12.3. The zero-order chi connectivity index (χ0) is 13.6. The maximum atomic E-state index is 3.80. The lowest BCUT2D eigenvalue weighted by molar-refractivity contribution is 0.703. The Bertz CT molecular complexity index is 531. The summed E-state index contributed by atoms with van der Waals surface area (Å²) >= 11 is 0. The SMILES string of the molecule is C(=C1CCCC1)=C(Cc1ccccc1)C1=CCCCC1. The quantitative estimate of drug-likeness (QED) is 0.609. The smallest absolute Gasteiger partial charge is 0.00505 e. The first-order chi connectivity index (χ1) is 9.92. The van der Waals surface area contributed by atoms with Crippen LogP contribution in [0, 0.1) is 0 Å². The molecular formula is C20H24. The van der Waals surface area contributed by atoms with Crippen LogP contribution >= 0.6 is 0 Å². The van der Waals surface area contributed by atoms with E-state index in [1.165, 1.54) is 62.5 Å². The summed E-state index contributed by atoms with van der Waals surface area (Å²) in [6.45, 7) is 0. The minimum atomic E-state index is 1.05. The summed E-state index contributed by atoms with van der Waals surface area (Å²) in [6, 6.07) is 10.9. The van der Waals surface area contributed by atoms with Gasteiger partial charge in [0.25, 0.3) is 0 Å². The van der Waals surface area contributed by atoms with Crippen LogP contribution in [0.25, 0.3) is 0 Å². The summed E-state index contributed by atoms with van der Waals surface area (Å²) < 4.78 is 0. The van der Waals surface area contributed by atoms with Crippen LogP contribution in [0.2, 0.25) is 0 Å². The Balaban J connectivity index is 1.91. The molecular weight excluding hydrogens is 240 g/mol. The fourth-order valence-electron chi connectivity index (χ4n) is 3.29. The van der Waals surface area contributed by atoms with Crippen LogP contribution in [0.4, 0.5) is 0 Å². The van der Waals surface area contributed by atoms with Crippen LogP contribution in [0.1, 0.15) is 56.9 Å². The topological polar surface area (TPSA) is 0 Å². The first-order valence-corrected chi connectivity index (χ1v) is 8.13. The fourth-order valence-corrected chi connectivity index (χ4v) is 3.29. The van der Waals surface area contributed by atoms with E-state index in [0.717, 1.165) is 6.42 Å². The third-order valence-corrected chi connectivity index (χ3v) is 4.44. The van der Waals surface area contributed by atoms with Crippen molar-refractivity contribution in [2.24, 2.45) is 0 Å². The van der Waals surface area contributed by atoms with Gasteiger partial charge < -0.3 is 0 Å². The molecule has 0 heteroatoms. The van der Waals surface area contributed by atoms with Gasteiger partial charge in [-0.05, 0) is 68.1 Å². The van der Waals surface area contributed by atoms with E-state index in [1.54, 1.807) is 11.1 Å². The molecule has 0 heterocycles. The highest BCUT2D eigenvalue weighted by Crippen LogP contribution is 2.29. The average molecular weight is 264 g/mol. The van der Waals surface area contributed by atoms with Crippen LogP contribution in [0.15, 0.2) is 58.9 Å². The van der Waals surface area contributed by atoms with E-state index in [4.69, 9.17) is 0 Å². The lowest BCUT2D eigenvalue weighted by Crippen LogP contribution is -1.99. The summed E-state index contributed by atoms with van der Waals surface area (Å²) in [6.07, 6.45) is 14.0. The Kier molecular flexibility index (Phi) is 4.56. The minimum Gasteiger partial charge on any atom is -0.118 e. The number of hydrogen-bond acceptors (Lipinski definition) is 0. The molecule has 0 saturated heterocycles. The van der Waals surface area contributed by atoms with Crippen LogP contribution in [0.5, 0.6) is 0 Å². The van der Waals surface area contributed by atoms with E-state index in [9.17, 15) is 0 Å². The highest BCUT2D eigenvalue weighted by atomic mass is 14.2. The number of rotatable bonds is 3. The Labute approximate surface area is 122 Å². The Morgan fingerprint density at radius 2 is 1.65 bits per heavy atom. The molecule has 0 bridgehead atoms. The van der Waals surface area contributed by atoms with Gasteiger partial charge in [0.1, 0.15) is 0 Å². The Morgan fingerprint density at radius 3 is 2.35 bits per heavy atom. The number of allylic oxidation sites excluding steroid dienone is 3. The molecule has 1 saturated carbocycles. The first-order valence-electron chi connectivity index (χ1n) is 8.13. The molecule has 0 nitrogen and oxygen atoms in total. The van der Waals surface area contributed by atoms with Crippen LogP contribution in [0.3, 0.4) is 0 Å². The summed E-state index contributed by atoms with van der Waals surface area (Å²) in [7, 11) is 0. The van der Waals surface area contributed by atoms with Gasteiger partial charge in [0, 0.05) is 12.0 Å². The highest BCUT2D eigenvalue weighted by molar-refractivity contribution is 5.37. The summed E-state index contributed by atoms with van der Waals surface area (Å²) in [5, 5.41) is 0. The van der Waals surface area contributed by atoms with Crippen molar-refractivity contribution in [2.45, 2.75) is 57.8 Å². The molecule has 3 rings (SSSR count). The fraction of sp³-hybridized carbons (Fsp3) is 0.450. The van der Waals surface area contributed by atoms with Gasteiger partial charge in [-0.2, -0.15) is 0 Å². The normalized spacial score (nSPS) is 18.6. The van der Waals surface area contributed by atoms with Crippen LogP contribution < -0.4 is 0 Å². The predicted octanol–water partition coefficient (Wildman–Crippen LogP) is 5.76. The molecule has 0 unspecified atom stereocenters. The second-order valence-electron chi connectivity index (χ2n) is 6.05. The molecule has 0 amide bonds. The maximum absolute atomic E-state index is 3.80. The third kappa shape index (κ3) is 3.52. The molecule has 0 aliphatic heterocycles. The van der Waals surface area contributed by atoms with Gasteiger partial charge in [-0.1, -0.05) is 36.4 Å². The van der Waals surface area contributed by atoms with Gasteiger partial charge in [0.15, 0.2) is 0 Å². The van der Waals surface area contributed by atoms with Gasteiger partial charge in [-0.3, -0.25) is 0 Å². The van der Waals surface area contributed by atoms with Crippen molar-refractivity contribution >= 4 is 0 Å². The van der Waals surface area contributed by atoms with E-state index >= 15 is 0 Å². The lowest BCUT2D eigenvalue weighted by Gasteiger charge is -2.15. The number of benzene rings is 1. The number of hydrogen-bond donors (Lipinski definition) is 0. The molecule has 1 aromatic rings. The molecule has 0 atom stereocenters. The van der Waals surface area contributed by atoms with Crippen LogP contribution in [-0.2, 0) is 6.42 Å². The lowest BCUT2D eigenvalue weighted by atomic mass is 9.90. The zero-order valence-electron chi connectivity index (χ0n) is 12.3. The Morgan fingerprint density at radius 1 is 0.900 bits per heavy atom. The van der Waals surface area contributed by atoms with Crippen molar-refractivity contribution in [1.29, 1.82) is 0 Å². The van der Waals surface area contributed by atoms with E-state index in [2.05, 4.69) is 42.1 Å². The molecule has 20 heavy (non-hydrogen) atoms. The molecule has 104 valence electrons. The molecule has 1 aromatic carbocycles. The van der Waals surface area contributed by atoms with Gasteiger partial charge in [-0.15, -0.1) is 5.73 Å². The van der Waals surface area contributed by atoms with Crippen molar-refractivity contribution in [2.75, 3.05) is 0 Å². The molecule has 0 N–H and O–H groups in total. The summed E-state index contributed by atoms with van der Waals surface area (Å²) in [4.78, 5) is 0. The second kappa shape index (κ2) is 6.77. The first kappa shape index (κ1) is 13.5. The summed E-state index contributed by atoms with van der Waals surface area (Å²) in [5.74, 6) is 0. The van der Waals surface area contributed by atoms with Gasteiger partial charge in [0.2, 0.25) is 0 Å². The van der Waals surface area contributed by atoms with Gasteiger partial charge in [-0.25, -0.2) is 0 Å². The predicted molar refractivity (Wildman–Crippen MR) is 85.7 cm³/mol. The van der Waals surface area contributed by atoms with Crippen molar-refractivity contribution in [3.05, 3.63) is 64.4 Å². The van der Waals surface area contributed by atoms with E-state index in [0.29, 0.717) is 0 Å². The average Bonchev–Trinajstić information content (AvgIpc) is 3.02. The molecule has 2 aliphatic rings. The highest BCUT2D eigenvalue weighted by Gasteiger charge is 2.11. The largest absolute Gasteiger partial charge is 0.118 e. The molecule has 0 spiro atoms. The van der Waals surface area contributed by atoms with Crippen LogP contribution in [-0.4, -0.2) is 0 Å². The second-order valence-corrected chi connectivity index (χ2v) is 6.05. The van der Waals surface area contributed by atoms with Gasteiger partial charge >= 0.3 is 0 Å². The Hall–Kier alpha value is -1.52. The van der Waals surface area contributed by atoms with Gasteiger partial charge in [0.05, 0.1) is 0 Å². The monoisotopic (exact) mass is 264 g/mol.